The molecule has 3 rings (SSSR count). The van der Waals surface area contributed by atoms with Crippen molar-refractivity contribution >= 4 is 5.91 Å². The highest BCUT2D eigenvalue weighted by molar-refractivity contribution is 5.79. The lowest BCUT2D eigenvalue weighted by Gasteiger charge is -2.34. The average Bonchev–Trinajstić information content (AvgIpc) is 2.91. The van der Waals surface area contributed by atoms with Crippen LogP contribution in [-0.2, 0) is 11.3 Å². The zero-order valence-electron chi connectivity index (χ0n) is 14.9. The van der Waals surface area contributed by atoms with E-state index in [0.29, 0.717) is 5.91 Å². The molecule has 2 saturated heterocycles. The first-order valence-electron chi connectivity index (χ1n) is 9.40. The zero-order valence-corrected chi connectivity index (χ0v) is 14.9. The van der Waals surface area contributed by atoms with Crippen LogP contribution in [0.3, 0.4) is 0 Å². The first-order chi connectivity index (χ1) is 11.8. The molecule has 0 saturated carbocycles. The van der Waals surface area contributed by atoms with Crippen molar-refractivity contribution in [1.29, 1.82) is 0 Å². The second kappa shape index (κ2) is 8.52. The van der Waals surface area contributed by atoms with Crippen LogP contribution < -0.4 is 4.74 Å². The van der Waals surface area contributed by atoms with Crippen LogP contribution in [0.5, 0.6) is 5.75 Å². The van der Waals surface area contributed by atoms with Gasteiger partial charge >= 0.3 is 0 Å². The summed E-state index contributed by atoms with van der Waals surface area (Å²) in [6.45, 7) is 4.81. The van der Waals surface area contributed by atoms with Gasteiger partial charge in [-0.15, -0.1) is 0 Å². The molecule has 0 bridgehead atoms. The van der Waals surface area contributed by atoms with E-state index >= 15 is 0 Å². The van der Waals surface area contributed by atoms with Crippen molar-refractivity contribution in [3.8, 4) is 5.75 Å². The Morgan fingerprint density at radius 2 is 1.92 bits per heavy atom. The predicted octanol–water partition coefficient (Wildman–Crippen LogP) is 3.31. The van der Waals surface area contributed by atoms with Crippen LogP contribution >= 0.6 is 0 Å². The lowest BCUT2D eigenvalue weighted by atomic mass is 9.96. The van der Waals surface area contributed by atoms with Crippen LogP contribution in [0.25, 0.3) is 0 Å². The molecule has 1 aromatic carbocycles. The summed E-state index contributed by atoms with van der Waals surface area (Å²) < 4.78 is 5.32. The van der Waals surface area contributed by atoms with E-state index in [9.17, 15) is 4.79 Å². The molecule has 4 heteroatoms. The van der Waals surface area contributed by atoms with Crippen molar-refractivity contribution in [2.24, 2.45) is 5.92 Å². The lowest BCUT2D eigenvalue weighted by molar-refractivity contribution is -0.137. The van der Waals surface area contributed by atoms with Gasteiger partial charge in [0.25, 0.3) is 0 Å². The quantitative estimate of drug-likeness (QED) is 0.849. The molecular weight excluding hydrogens is 300 g/mol. The third kappa shape index (κ3) is 4.50. The van der Waals surface area contributed by atoms with Crippen LogP contribution in [0.2, 0.25) is 0 Å². The van der Waals surface area contributed by atoms with E-state index in [1.54, 1.807) is 7.11 Å². The molecule has 132 valence electrons. The molecule has 24 heavy (non-hydrogen) atoms. The van der Waals surface area contributed by atoms with Gasteiger partial charge < -0.3 is 9.64 Å². The van der Waals surface area contributed by atoms with E-state index in [1.165, 1.54) is 31.2 Å². The first kappa shape index (κ1) is 17.3. The molecule has 2 fully saturated rings. The molecule has 0 unspecified atom stereocenters. The monoisotopic (exact) mass is 330 g/mol. The fraction of sp³-hybridized carbons (Fsp3) is 0.650. The number of likely N-dealkylation sites (tertiary alicyclic amines) is 2. The van der Waals surface area contributed by atoms with Crippen LogP contribution in [0.4, 0.5) is 0 Å². The van der Waals surface area contributed by atoms with Gasteiger partial charge in [-0.25, -0.2) is 0 Å². The van der Waals surface area contributed by atoms with E-state index in [-0.39, 0.29) is 5.92 Å². The summed E-state index contributed by atoms with van der Waals surface area (Å²) in [7, 11) is 1.70. The highest BCUT2D eigenvalue weighted by Gasteiger charge is 2.29. The molecule has 1 amide bonds. The van der Waals surface area contributed by atoms with E-state index < -0.39 is 0 Å². The zero-order chi connectivity index (χ0) is 16.8. The molecule has 0 spiro atoms. The molecule has 1 aromatic rings. The average molecular weight is 330 g/mol. The molecular formula is C20H30N2O2. The number of rotatable bonds is 4. The summed E-state index contributed by atoms with van der Waals surface area (Å²) >= 11 is 0. The Bertz CT molecular complexity index is 538. The third-order valence-electron chi connectivity index (χ3n) is 5.31. The number of carbonyl (C=O) groups is 1. The maximum absolute atomic E-state index is 12.9. The van der Waals surface area contributed by atoms with Crippen molar-refractivity contribution in [2.45, 2.75) is 45.1 Å². The van der Waals surface area contributed by atoms with Gasteiger partial charge in [0.15, 0.2) is 0 Å². The second-order valence-corrected chi connectivity index (χ2v) is 7.17. The topological polar surface area (TPSA) is 32.8 Å². The number of hydrogen-bond acceptors (Lipinski definition) is 3. The largest absolute Gasteiger partial charge is 0.497 e. The maximum atomic E-state index is 12.9. The van der Waals surface area contributed by atoms with Gasteiger partial charge in [0.2, 0.25) is 5.91 Å². The van der Waals surface area contributed by atoms with E-state index in [1.807, 2.05) is 12.1 Å². The number of ether oxygens (including phenoxy) is 1. The van der Waals surface area contributed by atoms with E-state index in [2.05, 4.69) is 21.9 Å². The number of nitrogens with zero attached hydrogens (tertiary/aromatic N) is 2. The highest BCUT2D eigenvalue weighted by atomic mass is 16.5. The molecule has 0 radical (unpaired) electrons. The summed E-state index contributed by atoms with van der Waals surface area (Å²) in [5.41, 5.74) is 1.26. The number of amides is 1. The highest BCUT2D eigenvalue weighted by Crippen LogP contribution is 2.23. The fourth-order valence-corrected chi connectivity index (χ4v) is 3.98. The SMILES string of the molecule is COc1cccc(CN2CCC[C@H](C(=O)N3CCCCCC3)C2)c1. The molecule has 0 N–H and O–H groups in total. The lowest BCUT2D eigenvalue weighted by Crippen LogP contribution is -2.44. The Morgan fingerprint density at radius 3 is 2.67 bits per heavy atom. The van der Waals surface area contributed by atoms with Crippen molar-refractivity contribution < 1.29 is 9.53 Å². The number of piperidine rings is 1. The minimum Gasteiger partial charge on any atom is -0.497 e. The number of hydrogen-bond donors (Lipinski definition) is 0. The number of carbonyl (C=O) groups excluding carboxylic acids is 1. The van der Waals surface area contributed by atoms with Crippen LogP contribution in [-0.4, -0.2) is 49.0 Å². The predicted molar refractivity (Wildman–Crippen MR) is 96.0 cm³/mol. The normalized spacial score (nSPS) is 22.9. The van der Waals surface area contributed by atoms with Gasteiger partial charge in [0.05, 0.1) is 13.0 Å². The standard InChI is InChI=1S/C20H30N2O2/c1-24-19-10-6-8-17(14-19)15-21-11-7-9-18(16-21)20(23)22-12-4-2-3-5-13-22/h6,8,10,14,18H,2-5,7,9,11-13,15-16H2,1H3/t18-/m0/s1. The Hall–Kier alpha value is -1.55. The first-order valence-corrected chi connectivity index (χ1v) is 9.40. The molecule has 2 heterocycles. The molecule has 2 aliphatic heterocycles. The van der Waals surface area contributed by atoms with Gasteiger partial charge in [-0.2, -0.15) is 0 Å². The summed E-state index contributed by atoms with van der Waals surface area (Å²) in [6, 6.07) is 8.26. The van der Waals surface area contributed by atoms with E-state index in [4.69, 9.17) is 4.74 Å². The van der Waals surface area contributed by atoms with Gasteiger partial charge in [0, 0.05) is 26.2 Å². The van der Waals surface area contributed by atoms with Crippen LogP contribution in [0, 0.1) is 5.92 Å². The minimum atomic E-state index is 0.183. The summed E-state index contributed by atoms with van der Waals surface area (Å²) in [4.78, 5) is 17.4. The van der Waals surface area contributed by atoms with Crippen molar-refractivity contribution in [1.82, 2.24) is 9.80 Å². The van der Waals surface area contributed by atoms with Gasteiger partial charge in [-0.1, -0.05) is 25.0 Å². The summed E-state index contributed by atoms with van der Waals surface area (Å²) in [5, 5.41) is 0. The number of methoxy groups -OCH3 is 1. The summed E-state index contributed by atoms with van der Waals surface area (Å²) in [6.07, 6.45) is 7.06. The maximum Gasteiger partial charge on any atom is 0.226 e. The molecule has 0 aliphatic carbocycles. The molecule has 4 nitrogen and oxygen atoms in total. The molecule has 1 atom stereocenters. The fourth-order valence-electron chi connectivity index (χ4n) is 3.98. The Balaban J connectivity index is 1.58. The third-order valence-corrected chi connectivity index (χ3v) is 5.31. The Morgan fingerprint density at radius 1 is 1.12 bits per heavy atom. The van der Waals surface area contributed by atoms with Crippen molar-refractivity contribution in [3.63, 3.8) is 0 Å². The summed E-state index contributed by atoms with van der Waals surface area (Å²) in [5.74, 6) is 1.48. The van der Waals surface area contributed by atoms with Crippen molar-refractivity contribution in [2.75, 3.05) is 33.3 Å². The van der Waals surface area contributed by atoms with Gasteiger partial charge in [-0.3, -0.25) is 9.69 Å². The molecule has 2 aliphatic rings. The van der Waals surface area contributed by atoms with E-state index in [0.717, 1.165) is 51.3 Å². The minimum absolute atomic E-state index is 0.183. The second-order valence-electron chi connectivity index (χ2n) is 7.17. The van der Waals surface area contributed by atoms with Gasteiger partial charge in [0.1, 0.15) is 5.75 Å². The molecule has 0 aromatic heterocycles. The van der Waals surface area contributed by atoms with Gasteiger partial charge in [-0.05, 0) is 49.9 Å². The smallest absolute Gasteiger partial charge is 0.226 e. The Kier molecular flexibility index (Phi) is 6.13. The Labute approximate surface area is 145 Å². The van der Waals surface area contributed by atoms with Crippen molar-refractivity contribution in [3.05, 3.63) is 29.8 Å². The van der Waals surface area contributed by atoms with Crippen LogP contribution in [0.15, 0.2) is 24.3 Å². The van der Waals surface area contributed by atoms with Crippen LogP contribution in [0.1, 0.15) is 44.1 Å². The number of benzene rings is 1.